The van der Waals surface area contributed by atoms with Crippen LogP contribution in [0.15, 0.2) is 0 Å². The summed E-state index contributed by atoms with van der Waals surface area (Å²) in [5.41, 5.74) is 0. The molecule has 1 saturated heterocycles. The molecule has 92 valence electrons. The zero-order chi connectivity index (χ0) is 12.0. The Hall–Kier alpha value is -0.790. The van der Waals surface area contributed by atoms with Gasteiger partial charge in [0.1, 0.15) is 0 Å². The zero-order valence-electron chi connectivity index (χ0n) is 9.06. The number of rotatable bonds is 6. The van der Waals surface area contributed by atoms with Gasteiger partial charge in [-0.1, -0.05) is 0 Å². The standard InChI is InChI=1S/C9H16N2O4S/c1-15-6(2-8(12)13)3-10-9(14)7-4-16-5-11-7/h6-7,11H,2-5H2,1H3,(H,10,14)(H,12,13). The first kappa shape index (κ1) is 13.3. The number of carboxylic acids is 1. The molecule has 0 saturated carbocycles. The molecule has 1 aliphatic rings. The molecule has 16 heavy (non-hydrogen) atoms. The average molecular weight is 248 g/mol. The third-order valence-corrected chi connectivity index (χ3v) is 3.21. The van der Waals surface area contributed by atoms with Crippen molar-refractivity contribution < 1.29 is 19.4 Å². The molecule has 0 bridgehead atoms. The summed E-state index contributed by atoms with van der Waals surface area (Å²) in [6.45, 7) is 0.227. The van der Waals surface area contributed by atoms with Gasteiger partial charge in [0.2, 0.25) is 5.91 Å². The van der Waals surface area contributed by atoms with Gasteiger partial charge in [0, 0.05) is 25.3 Å². The number of methoxy groups -OCH3 is 1. The van der Waals surface area contributed by atoms with Crippen molar-refractivity contribution in [1.82, 2.24) is 10.6 Å². The van der Waals surface area contributed by atoms with Crippen LogP contribution in [0.4, 0.5) is 0 Å². The maximum absolute atomic E-state index is 11.6. The fourth-order valence-corrected chi connectivity index (χ4v) is 2.28. The largest absolute Gasteiger partial charge is 0.481 e. The van der Waals surface area contributed by atoms with Gasteiger partial charge in [-0.3, -0.25) is 14.9 Å². The number of hydrogen-bond acceptors (Lipinski definition) is 5. The lowest BCUT2D eigenvalue weighted by Gasteiger charge is -2.16. The fourth-order valence-electron chi connectivity index (χ4n) is 1.33. The van der Waals surface area contributed by atoms with Crippen LogP contribution in [0.2, 0.25) is 0 Å². The summed E-state index contributed by atoms with van der Waals surface area (Å²) < 4.78 is 4.95. The summed E-state index contributed by atoms with van der Waals surface area (Å²) in [5.74, 6) is 0.497. The van der Waals surface area contributed by atoms with Crippen LogP contribution in [0, 0.1) is 0 Å². The van der Waals surface area contributed by atoms with E-state index in [1.54, 1.807) is 11.8 Å². The van der Waals surface area contributed by atoms with Crippen molar-refractivity contribution in [3.8, 4) is 0 Å². The third kappa shape index (κ3) is 4.38. The molecule has 1 amide bonds. The number of nitrogens with one attached hydrogen (secondary N) is 2. The summed E-state index contributed by atoms with van der Waals surface area (Å²) in [7, 11) is 1.43. The van der Waals surface area contributed by atoms with Gasteiger partial charge in [-0.05, 0) is 0 Å². The summed E-state index contributed by atoms with van der Waals surface area (Å²) in [6, 6.07) is -0.174. The van der Waals surface area contributed by atoms with Gasteiger partial charge < -0.3 is 15.2 Å². The molecule has 1 heterocycles. The van der Waals surface area contributed by atoms with E-state index in [0.717, 1.165) is 11.6 Å². The van der Waals surface area contributed by atoms with Gasteiger partial charge in [0.25, 0.3) is 0 Å². The van der Waals surface area contributed by atoms with Gasteiger partial charge in [0.05, 0.1) is 18.6 Å². The topological polar surface area (TPSA) is 87.7 Å². The van der Waals surface area contributed by atoms with E-state index in [9.17, 15) is 9.59 Å². The monoisotopic (exact) mass is 248 g/mol. The van der Waals surface area contributed by atoms with Gasteiger partial charge >= 0.3 is 5.97 Å². The summed E-state index contributed by atoms with van der Waals surface area (Å²) in [5, 5.41) is 14.3. The van der Waals surface area contributed by atoms with Gasteiger partial charge in [0.15, 0.2) is 0 Å². The molecule has 7 heteroatoms. The lowest BCUT2D eigenvalue weighted by Crippen LogP contribution is -2.45. The third-order valence-electron chi connectivity index (χ3n) is 2.27. The number of carbonyl (C=O) groups is 2. The lowest BCUT2D eigenvalue weighted by molar-refractivity contribution is -0.140. The number of thioether (sulfide) groups is 1. The van der Waals surface area contributed by atoms with E-state index in [1.165, 1.54) is 7.11 Å². The van der Waals surface area contributed by atoms with E-state index in [1.807, 2.05) is 0 Å². The van der Waals surface area contributed by atoms with Crippen LogP contribution in [0.1, 0.15) is 6.42 Å². The first-order valence-corrected chi connectivity index (χ1v) is 6.12. The van der Waals surface area contributed by atoms with Crippen molar-refractivity contribution in [2.75, 3.05) is 25.3 Å². The Kier molecular flexibility index (Phi) is 5.58. The van der Waals surface area contributed by atoms with Crippen LogP contribution >= 0.6 is 11.8 Å². The predicted octanol–water partition coefficient (Wildman–Crippen LogP) is -0.745. The highest BCUT2D eigenvalue weighted by Crippen LogP contribution is 2.09. The normalized spacial score (nSPS) is 21.7. The van der Waals surface area contributed by atoms with Crippen molar-refractivity contribution in [2.24, 2.45) is 0 Å². The Labute approximate surface area is 98.1 Å². The van der Waals surface area contributed by atoms with E-state index in [2.05, 4.69) is 10.6 Å². The number of amides is 1. The minimum Gasteiger partial charge on any atom is -0.481 e. The first-order valence-electron chi connectivity index (χ1n) is 4.97. The molecule has 0 aromatic heterocycles. The van der Waals surface area contributed by atoms with Crippen molar-refractivity contribution in [3.63, 3.8) is 0 Å². The molecule has 3 N–H and O–H groups in total. The molecule has 0 aliphatic carbocycles. The zero-order valence-corrected chi connectivity index (χ0v) is 9.88. The Bertz CT molecular complexity index is 256. The highest BCUT2D eigenvalue weighted by Gasteiger charge is 2.23. The van der Waals surface area contributed by atoms with E-state index < -0.39 is 12.1 Å². The maximum Gasteiger partial charge on any atom is 0.306 e. The summed E-state index contributed by atoms with van der Waals surface area (Å²) >= 11 is 1.66. The molecule has 0 aromatic rings. The molecular formula is C9H16N2O4S. The molecular weight excluding hydrogens is 232 g/mol. The Balaban J connectivity index is 2.25. The molecule has 2 atom stereocenters. The molecule has 0 aromatic carbocycles. The number of ether oxygens (including phenoxy) is 1. The second-order valence-corrected chi connectivity index (χ2v) is 4.50. The van der Waals surface area contributed by atoms with Crippen molar-refractivity contribution in [2.45, 2.75) is 18.6 Å². The lowest BCUT2D eigenvalue weighted by atomic mass is 10.2. The fraction of sp³-hybridized carbons (Fsp3) is 0.778. The van der Waals surface area contributed by atoms with E-state index >= 15 is 0 Å². The minimum atomic E-state index is -0.935. The maximum atomic E-state index is 11.6. The smallest absolute Gasteiger partial charge is 0.306 e. The van der Waals surface area contributed by atoms with Crippen LogP contribution < -0.4 is 10.6 Å². The Morgan fingerprint density at radius 1 is 1.69 bits per heavy atom. The van der Waals surface area contributed by atoms with Gasteiger partial charge in [-0.25, -0.2) is 0 Å². The van der Waals surface area contributed by atoms with Crippen molar-refractivity contribution in [1.29, 1.82) is 0 Å². The summed E-state index contributed by atoms with van der Waals surface area (Å²) in [4.78, 5) is 22.0. The quantitative estimate of drug-likeness (QED) is 0.573. The first-order chi connectivity index (χ1) is 7.63. The molecule has 1 fully saturated rings. The summed E-state index contributed by atoms with van der Waals surface area (Å²) in [6.07, 6.45) is -0.584. The molecule has 2 unspecified atom stereocenters. The number of carbonyl (C=O) groups excluding carboxylic acids is 1. The molecule has 6 nitrogen and oxygen atoms in total. The SMILES string of the molecule is COC(CNC(=O)C1CSCN1)CC(=O)O. The molecule has 1 aliphatic heterocycles. The second-order valence-electron chi connectivity index (χ2n) is 3.47. The van der Waals surface area contributed by atoms with Crippen LogP contribution in [-0.4, -0.2) is 54.4 Å². The van der Waals surface area contributed by atoms with Crippen LogP contribution in [-0.2, 0) is 14.3 Å². The Morgan fingerprint density at radius 2 is 2.44 bits per heavy atom. The number of hydrogen-bond donors (Lipinski definition) is 3. The predicted molar refractivity (Wildman–Crippen MR) is 60.3 cm³/mol. The van der Waals surface area contributed by atoms with Crippen molar-refractivity contribution >= 4 is 23.6 Å². The molecule has 0 radical (unpaired) electrons. The molecule has 0 spiro atoms. The van der Waals surface area contributed by atoms with E-state index in [-0.39, 0.29) is 24.9 Å². The van der Waals surface area contributed by atoms with Crippen molar-refractivity contribution in [3.05, 3.63) is 0 Å². The minimum absolute atomic E-state index is 0.0996. The van der Waals surface area contributed by atoms with Crippen LogP contribution in [0.5, 0.6) is 0 Å². The number of aliphatic carboxylic acids is 1. The van der Waals surface area contributed by atoms with E-state index in [0.29, 0.717) is 0 Å². The number of carboxylic acid groups (broad SMARTS) is 1. The average Bonchev–Trinajstić information content (AvgIpc) is 2.76. The van der Waals surface area contributed by atoms with E-state index in [4.69, 9.17) is 9.84 Å². The Morgan fingerprint density at radius 3 is 2.94 bits per heavy atom. The molecule has 1 rings (SSSR count). The van der Waals surface area contributed by atoms with Crippen LogP contribution in [0.25, 0.3) is 0 Å². The highest BCUT2D eigenvalue weighted by atomic mass is 32.2. The van der Waals surface area contributed by atoms with Gasteiger partial charge in [-0.15, -0.1) is 11.8 Å². The van der Waals surface area contributed by atoms with Gasteiger partial charge in [-0.2, -0.15) is 0 Å². The highest BCUT2D eigenvalue weighted by molar-refractivity contribution is 7.99. The van der Waals surface area contributed by atoms with Crippen LogP contribution in [0.3, 0.4) is 0 Å². The second kappa shape index (κ2) is 6.72.